The maximum atomic E-state index is 12.8. The Morgan fingerprint density at radius 1 is 1.54 bits per heavy atom. The third-order valence-electron chi connectivity index (χ3n) is 1.69. The summed E-state index contributed by atoms with van der Waals surface area (Å²) >= 11 is 1.60. The van der Waals surface area contributed by atoms with Crippen molar-refractivity contribution < 1.29 is 4.39 Å². The Kier molecular flexibility index (Phi) is 3.55. The van der Waals surface area contributed by atoms with Crippen molar-refractivity contribution in [2.24, 2.45) is 0 Å². The van der Waals surface area contributed by atoms with Crippen molar-refractivity contribution in [3.05, 3.63) is 41.1 Å². The molecule has 0 saturated heterocycles. The minimum atomic E-state index is -0.164. The van der Waals surface area contributed by atoms with Crippen molar-refractivity contribution in [1.82, 2.24) is 0 Å². The summed E-state index contributed by atoms with van der Waals surface area (Å²) in [5, 5.41) is 0. The van der Waals surface area contributed by atoms with Crippen LogP contribution in [0.1, 0.15) is 19.4 Å². The zero-order valence-corrected chi connectivity index (χ0v) is 8.75. The van der Waals surface area contributed by atoms with E-state index in [1.54, 1.807) is 17.8 Å². The predicted molar refractivity (Wildman–Crippen MR) is 56.4 cm³/mol. The molecule has 0 amide bonds. The molecule has 0 aromatic heterocycles. The largest absolute Gasteiger partial charge is 0.207 e. The standard InChI is InChI=1S/C11H13FS/c1-4-9-7-10(12)5-6-11(9)13-8(2)3/h5-7H,2,4H2,1,3H3. The van der Waals surface area contributed by atoms with Crippen molar-refractivity contribution in [3.8, 4) is 0 Å². The molecule has 0 fully saturated rings. The molecule has 2 heteroatoms. The molecule has 0 aliphatic carbocycles. The zero-order valence-electron chi connectivity index (χ0n) is 7.93. The van der Waals surface area contributed by atoms with Crippen molar-refractivity contribution in [2.75, 3.05) is 0 Å². The number of hydrogen-bond acceptors (Lipinski definition) is 1. The summed E-state index contributed by atoms with van der Waals surface area (Å²) in [4.78, 5) is 2.14. The summed E-state index contributed by atoms with van der Waals surface area (Å²) in [5.41, 5.74) is 1.05. The highest BCUT2D eigenvalue weighted by atomic mass is 32.2. The predicted octanol–water partition coefficient (Wildman–Crippen LogP) is 4.01. The van der Waals surface area contributed by atoms with Gasteiger partial charge < -0.3 is 0 Å². The van der Waals surface area contributed by atoms with E-state index in [2.05, 4.69) is 6.58 Å². The SMILES string of the molecule is C=C(C)Sc1ccc(F)cc1CC. The molecule has 0 N–H and O–H groups in total. The molecular weight excluding hydrogens is 183 g/mol. The van der Waals surface area contributed by atoms with Gasteiger partial charge in [-0.15, -0.1) is 0 Å². The Hall–Kier alpha value is -0.760. The van der Waals surface area contributed by atoms with Gasteiger partial charge in [-0.2, -0.15) is 0 Å². The van der Waals surface area contributed by atoms with Crippen LogP contribution in [0.3, 0.4) is 0 Å². The maximum absolute atomic E-state index is 12.8. The topological polar surface area (TPSA) is 0 Å². The second kappa shape index (κ2) is 4.47. The first kappa shape index (κ1) is 10.3. The van der Waals surface area contributed by atoms with Crippen LogP contribution in [0.2, 0.25) is 0 Å². The average molecular weight is 196 g/mol. The Balaban J connectivity index is 2.99. The fraction of sp³-hybridized carbons (Fsp3) is 0.273. The minimum Gasteiger partial charge on any atom is -0.207 e. The molecule has 1 aromatic carbocycles. The van der Waals surface area contributed by atoms with Gasteiger partial charge in [-0.3, -0.25) is 0 Å². The molecule has 0 nitrogen and oxygen atoms in total. The Morgan fingerprint density at radius 3 is 2.77 bits per heavy atom. The molecule has 0 bridgehead atoms. The highest BCUT2D eigenvalue weighted by Gasteiger charge is 2.02. The summed E-state index contributed by atoms with van der Waals surface area (Å²) in [6.45, 7) is 7.79. The molecule has 1 rings (SSSR count). The fourth-order valence-electron chi connectivity index (χ4n) is 1.11. The van der Waals surface area contributed by atoms with E-state index in [4.69, 9.17) is 0 Å². The van der Waals surface area contributed by atoms with Gasteiger partial charge in [0.15, 0.2) is 0 Å². The highest BCUT2D eigenvalue weighted by Crippen LogP contribution is 2.28. The van der Waals surface area contributed by atoms with E-state index in [1.165, 1.54) is 6.07 Å². The molecule has 0 radical (unpaired) electrons. The third kappa shape index (κ3) is 2.88. The Bertz CT molecular complexity index is 318. The normalized spacial score (nSPS) is 10.1. The van der Waals surface area contributed by atoms with Crippen LogP contribution in [0.4, 0.5) is 4.39 Å². The van der Waals surface area contributed by atoms with Crippen LogP contribution in [0.25, 0.3) is 0 Å². The number of rotatable bonds is 3. The highest BCUT2D eigenvalue weighted by molar-refractivity contribution is 8.03. The molecule has 1 aromatic rings. The smallest absolute Gasteiger partial charge is 0.123 e. The lowest BCUT2D eigenvalue weighted by Gasteiger charge is -2.06. The molecule has 0 aliphatic rings. The van der Waals surface area contributed by atoms with Crippen LogP contribution in [0, 0.1) is 5.82 Å². The van der Waals surface area contributed by atoms with Gasteiger partial charge in [0, 0.05) is 4.90 Å². The molecule has 0 aliphatic heterocycles. The summed E-state index contributed by atoms with van der Waals surface area (Å²) in [6.07, 6.45) is 0.855. The van der Waals surface area contributed by atoms with Crippen LogP contribution in [0.5, 0.6) is 0 Å². The third-order valence-corrected chi connectivity index (χ3v) is 2.65. The number of hydrogen-bond donors (Lipinski definition) is 0. The van der Waals surface area contributed by atoms with Crippen molar-refractivity contribution in [3.63, 3.8) is 0 Å². The van der Waals surface area contributed by atoms with Gasteiger partial charge in [0.05, 0.1) is 0 Å². The number of halogens is 1. The number of thioether (sulfide) groups is 1. The quantitative estimate of drug-likeness (QED) is 0.658. The average Bonchev–Trinajstić information content (AvgIpc) is 2.07. The summed E-state index contributed by atoms with van der Waals surface area (Å²) in [6, 6.07) is 4.89. The lowest BCUT2D eigenvalue weighted by Crippen LogP contribution is -1.86. The second-order valence-electron chi connectivity index (χ2n) is 2.91. The molecule has 0 atom stereocenters. The number of aryl methyl sites for hydroxylation is 1. The summed E-state index contributed by atoms with van der Waals surface area (Å²) in [5.74, 6) is -0.164. The Morgan fingerprint density at radius 2 is 2.23 bits per heavy atom. The monoisotopic (exact) mass is 196 g/mol. The molecule has 0 unspecified atom stereocenters. The van der Waals surface area contributed by atoms with Crippen LogP contribution in [-0.4, -0.2) is 0 Å². The van der Waals surface area contributed by atoms with E-state index < -0.39 is 0 Å². The first-order chi connectivity index (χ1) is 6.13. The van der Waals surface area contributed by atoms with E-state index in [-0.39, 0.29) is 5.82 Å². The van der Waals surface area contributed by atoms with Crippen molar-refractivity contribution >= 4 is 11.8 Å². The lowest BCUT2D eigenvalue weighted by atomic mass is 10.2. The zero-order chi connectivity index (χ0) is 9.84. The summed E-state index contributed by atoms with van der Waals surface area (Å²) in [7, 11) is 0. The van der Waals surface area contributed by atoms with Crippen LogP contribution in [-0.2, 0) is 6.42 Å². The second-order valence-corrected chi connectivity index (χ2v) is 4.25. The van der Waals surface area contributed by atoms with E-state index >= 15 is 0 Å². The van der Waals surface area contributed by atoms with E-state index in [1.807, 2.05) is 19.9 Å². The number of benzene rings is 1. The molecule has 0 spiro atoms. The van der Waals surface area contributed by atoms with Gasteiger partial charge in [0.1, 0.15) is 5.82 Å². The van der Waals surface area contributed by atoms with Gasteiger partial charge in [0.25, 0.3) is 0 Å². The van der Waals surface area contributed by atoms with E-state index in [0.29, 0.717) is 0 Å². The lowest BCUT2D eigenvalue weighted by molar-refractivity contribution is 0.624. The molecule has 0 heterocycles. The molecular formula is C11H13FS. The number of allylic oxidation sites excluding steroid dienone is 1. The minimum absolute atomic E-state index is 0.164. The maximum Gasteiger partial charge on any atom is 0.123 e. The first-order valence-electron chi connectivity index (χ1n) is 4.25. The van der Waals surface area contributed by atoms with Crippen molar-refractivity contribution in [1.29, 1.82) is 0 Å². The van der Waals surface area contributed by atoms with Gasteiger partial charge in [-0.1, -0.05) is 25.3 Å². The Labute approximate surface area is 82.9 Å². The van der Waals surface area contributed by atoms with Crippen LogP contribution >= 0.6 is 11.8 Å². The molecule has 70 valence electrons. The summed E-state index contributed by atoms with van der Waals surface area (Å²) < 4.78 is 12.8. The van der Waals surface area contributed by atoms with Crippen LogP contribution in [0.15, 0.2) is 34.6 Å². The van der Waals surface area contributed by atoms with Crippen LogP contribution < -0.4 is 0 Å². The van der Waals surface area contributed by atoms with Crippen molar-refractivity contribution in [2.45, 2.75) is 25.2 Å². The van der Waals surface area contributed by atoms with Gasteiger partial charge in [0.2, 0.25) is 0 Å². The molecule has 0 saturated carbocycles. The van der Waals surface area contributed by atoms with E-state index in [9.17, 15) is 4.39 Å². The molecule has 13 heavy (non-hydrogen) atoms. The van der Waals surface area contributed by atoms with Gasteiger partial charge >= 0.3 is 0 Å². The first-order valence-corrected chi connectivity index (χ1v) is 5.07. The fourth-order valence-corrected chi connectivity index (χ4v) is 1.96. The van der Waals surface area contributed by atoms with Gasteiger partial charge in [-0.25, -0.2) is 4.39 Å². The van der Waals surface area contributed by atoms with Gasteiger partial charge in [-0.05, 0) is 42.0 Å². The van der Waals surface area contributed by atoms with E-state index in [0.717, 1.165) is 21.8 Å².